The van der Waals surface area contributed by atoms with E-state index in [1.807, 2.05) is 60.7 Å². The van der Waals surface area contributed by atoms with Gasteiger partial charge in [0.1, 0.15) is 22.3 Å². The molecule has 4 heterocycles. The molecular weight excluding hydrogens is 797 g/mol. The van der Waals surface area contributed by atoms with E-state index in [9.17, 15) is 0 Å². The number of fused-ring (bicyclic) bond motifs is 12. The van der Waals surface area contributed by atoms with Gasteiger partial charge in [-0.2, -0.15) is 0 Å². The van der Waals surface area contributed by atoms with Gasteiger partial charge in [-0.15, -0.1) is 0 Å². The summed E-state index contributed by atoms with van der Waals surface area (Å²) >= 11 is 0. The fraction of sp³-hybridized carbons (Fsp3) is 0. The first-order chi connectivity index (χ1) is 32.2. The van der Waals surface area contributed by atoms with Crippen LogP contribution >= 0.6 is 0 Å². The topological polar surface area (TPSA) is 69.9 Å². The lowest BCUT2D eigenvalue weighted by molar-refractivity contribution is 0.669. The van der Waals surface area contributed by atoms with Crippen molar-refractivity contribution in [1.82, 2.24) is 19.5 Å². The molecule has 0 amide bonds. The SMILES string of the molecule is c1ccc(-c2nc(-c3ccc4oc5ccccc5c4c3)nc(-c3ccc(-n4c5ccccc5c5cc6ccccc6cc54)cc3-c3cccc4oc5c6ccccc6ccc5c34)n2)cc1. The second kappa shape index (κ2) is 13.8. The molecule has 0 aliphatic carbocycles. The maximum Gasteiger partial charge on any atom is 0.164 e. The number of benzene rings is 10. The molecule has 14 aromatic rings. The number of hydrogen-bond donors (Lipinski definition) is 0. The first kappa shape index (κ1) is 35.7. The van der Waals surface area contributed by atoms with Gasteiger partial charge in [-0.3, -0.25) is 0 Å². The van der Waals surface area contributed by atoms with Crippen LogP contribution in [0.2, 0.25) is 0 Å². The van der Waals surface area contributed by atoms with Gasteiger partial charge in [-0.05, 0) is 100 Å². The first-order valence-corrected chi connectivity index (χ1v) is 21.8. The lowest BCUT2D eigenvalue weighted by Crippen LogP contribution is -2.02. The molecule has 0 aliphatic rings. The molecule has 4 aromatic heterocycles. The molecule has 6 nitrogen and oxygen atoms in total. The van der Waals surface area contributed by atoms with E-state index in [-0.39, 0.29) is 0 Å². The fourth-order valence-corrected chi connectivity index (χ4v) is 10.0. The second-order valence-electron chi connectivity index (χ2n) is 16.7. The normalized spacial score (nSPS) is 12.0. The number of aromatic nitrogens is 4. The summed E-state index contributed by atoms with van der Waals surface area (Å²) in [5.74, 6) is 1.73. The van der Waals surface area contributed by atoms with Crippen molar-refractivity contribution in [2.45, 2.75) is 0 Å². The van der Waals surface area contributed by atoms with Crippen LogP contribution < -0.4 is 0 Å². The Hall–Kier alpha value is -8.87. The average Bonchev–Trinajstić information content (AvgIpc) is 4.05. The minimum absolute atomic E-state index is 0.566. The molecule has 0 atom stereocenters. The quantitative estimate of drug-likeness (QED) is 0.173. The second-order valence-corrected chi connectivity index (χ2v) is 16.7. The van der Waals surface area contributed by atoms with Gasteiger partial charge in [0.15, 0.2) is 17.5 Å². The Labute approximate surface area is 371 Å². The minimum Gasteiger partial charge on any atom is -0.456 e. The third kappa shape index (κ3) is 5.51. The molecule has 0 spiro atoms. The van der Waals surface area contributed by atoms with Crippen LogP contribution in [0.4, 0.5) is 0 Å². The molecule has 0 unspecified atom stereocenters. The van der Waals surface area contributed by atoms with Gasteiger partial charge in [-0.25, -0.2) is 15.0 Å². The summed E-state index contributed by atoms with van der Waals surface area (Å²) in [5, 5.41) is 11.2. The van der Waals surface area contributed by atoms with Crippen molar-refractivity contribution < 1.29 is 8.83 Å². The summed E-state index contributed by atoms with van der Waals surface area (Å²) in [6.45, 7) is 0. The van der Waals surface area contributed by atoms with E-state index in [1.165, 1.54) is 21.5 Å². The Balaban J connectivity index is 1.07. The maximum absolute atomic E-state index is 6.79. The van der Waals surface area contributed by atoms with Gasteiger partial charge in [-0.1, -0.05) is 133 Å². The van der Waals surface area contributed by atoms with Crippen LogP contribution in [0.5, 0.6) is 0 Å². The molecule has 0 aliphatic heterocycles. The van der Waals surface area contributed by atoms with Crippen molar-refractivity contribution in [1.29, 1.82) is 0 Å². The highest BCUT2D eigenvalue weighted by Crippen LogP contribution is 2.44. The van der Waals surface area contributed by atoms with Crippen LogP contribution in [-0.2, 0) is 0 Å². The Kier molecular flexibility index (Phi) is 7.59. The average molecular weight is 831 g/mol. The molecule has 0 N–H and O–H groups in total. The summed E-state index contributed by atoms with van der Waals surface area (Å²) < 4.78 is 15.4. The van der Waals surface area contributed by atoms with Gasteiger partial charge < -0.3 is 13.4 Å². The summed E-state index contributed by atoms with van der Waals surface area (Å²) in [6.07, 6.45) is 0. The van der Waals surface area contributed by atoms with Crippen LogP contribution in [0.25, 0.3) is 138 Å². The molecule has 0 fully saturated rings. The summed E-state index contributed by atoms with van der Waals surface area (Å²) in [6, 6.07) is 72.2. The highest BCUT2D eigenvalue weighted by Gasteiger charge is 2.23. The van der Waals surface area contributed by atoms with E-state index in [1.54, 1.807) is 0 Å². The lowest BCUT2D eigenvalue weighted by Gasteiger charge is -2.16. The van der Waals surface area contributed by atoms with E-state index >= 15 is 0 Å². The van der Waals surface area contributed by atoms with Crippen LogP contribution in [0, 0.1) is 0 Å². The predicted octanol–water partition coefficient (Wildman–Crippen LogP) is 15.7. The summed E-state index contributed by atoms with van der Waals surface area (Å²) in [5.41, 5.74) is 11.3. The third-order valence-electron chi connectivity index (χ3n) is 13.0. The molecule has 0 radical (unpaired) electrons. The first-order valence-electron chi connectivity index (χ1n) is 21.8. The van der Waals surface area contributed by atoms with Crippen molar-refractivity contribution >= 4 is 87.2 Å². The zero-order valence-electron chi connectivity index (χ0n) is 34.7. The van der Waals surface area contributed by atoms with Crippen molar-refractivity contribution in [2.75, 3.05) is 0 Å². The van der Waals surface area contributed by atoms with Gasteiger partial charge in [0.05, 0.1) is 11.0 Å². The van der Waals surface area contributed by atoms with Gasteiger partial charge in [0, 0.05) is 60.1 Å². The van der Waals surface area contributed by atoms with Crippen molar-refractivity contribution in [3.8, 4) is 51.0 Å². The molecular formula is C59H34N4O2. The molecule has 10 aromatic carbocycles. The largest absolute Gasteiger partial charge is 0.456 e. The molecule has 6 heteroatoms. The van der Waals surface area contributed by atoms with E-state index in [0.717, 1.165) is 99.2 Å². The maximum atomic E-state index is 6.79. The number of hydrogen-bond acceptors (Lipinski definition) is 5. The van der Waals surface area contributed by atoms with Crippen LogP contribution in [0.3, 0.4) is 0 Å². The number of para-hydroxylation sites is 2. The monoisotopic (exact) mass is 830 g/mol. The van der Waals surface area contributed by atoms with Crippen LogP contribution in [0.1, 0.15) is 0 Å². The Bertz CT molecular complexity index is 4250. The van der Waals surface area contributed by atoms with Gasteiger partial charge >= 0.3 is 0 Å². The summed E-state index contributed by atoms with van der Waals surface area (Å²) in [7, 11) is 0. The molecule has 65 heavy (non-hydrogen) atoms. The van der Waals surface area contributed by atoms with E-state index in [4.69, 9.17) is 23.8 Å². The molecule has 0 saturated carbocycles. The van der Waals surface area contributed by atoms with Crippen molar-refractivity contribution in [3.05, 3.63) is 206 Å². The van der Waals surface area contributed by atoms with Gasteiger partial charge in [0.2, 0.25) is 0 Å². The predicted molar refractivity (Wildman–Crippen MR) is 265 cm³/mol. The summed E-state index contributed by atoms with van der Waals surface area (Å²) in [4.78, 5) is 15.8. The van der Waals surface area contributed by atoms with Crippen molar-refractivity contribution in [2.24, 2.45) is 0 Å². The Morgan fingerprint density at radius 3 is 1.89 bits per heavy atom. The Morgan fingerprint density at radius 2 is 1.02 bits per heavy atom. The zero-order chi connectivity index (χ0) is 42.6. The molecule has 0 saturated heterocycles. The molecule has 302 valence electrons. The smallest absolute Gasteiger partial charge is 0.164 e. The van der Waals surface area contributed by atoms with Crippen LogP contribution in [0.15, 0.2) is 215 Å². The standard InChI is InChI=1S/C59H34N4O2/c1-2-14-36(15-3-1)57-60-58(39-26-30-53-49(32-39)43-20-9-11-23-52(43)64-53)62-59(61-57)45-29-27-40(63-50-22-10-8-19-42(50)48-31-37-16-4-5-17-38(37)33-51(48)63)34-47(45)44-21-12-24-54-55(44)46-28-25-35-13-6-7-18-41(35)56(46)65-54/h1-34H. The van der Waals surface area contributed by atoms with E-state index < -0.39 is 0 Å². The van der Waals surface area contributed by atoms with E-state index in [0.29, 0.717) is 17.5 Å². The fourth-order valence-electron chi connectivity index (χ4n) is 10.0. The molecule has 0 bridgehead atoms. The number of nitrogens with zero attached hydrogens (tertiary/aromatic N) is 4. The number of rotatable bonds is 5. The third-order valence-corrected chi connectivity index (χ3v) is 13.0. The van der Waals surface area contributed by atoms with Crippen molar-refractivity contribution in [3.63, 3.8) is 0 Å². The molecule has 14 rings (SSSR count). The lowest BCUT2D eigenvalue weighted by atomic mass is 9.93. The number of furan rings is 2. The highest BCUT2D eigenvalue weighted by molar-refractivity contribution is 6.20. The van der Waals surface area contributed by atoms with Gasteiger partial charge in [0.25, 0.3) is 0 Å². The highest BCUT2D eigenvalue weighted by atomic mass is 16.3. The Morgan fingerprint density at radius 1 is 0.323 bits per heavy atom. The van der Waals surface area contributed by atoms with E-state index in [2.05, 4.69) is 150 Å². The van der Waals surface area contributed by atoms with Crippen LogP contribution in [-0.4, -0.2) is 19.5 Å². The minimum atomic E-state index is 0.566. The zero-order valence-corrected chi connectivity index (χ0v) is 34.7.